The second kappa shape index (κ2) is 4.57. The van der Waals surface area contributed by atoms with E-state index in [9.17, 15) is 9.90 Å². The van der Waals surface area contributed by atoms with Gasteiger partial charge in [-0.25, -0.2) is 4.79 Å². The Morgan fingerprint density at radius 1 is 1.56 bits per heavy atom. The van der Waals surface area contributed by atoms with Gasteiger partial charge in [-0.3, -0.25) is 5.32 Å². The fourth-order valence-corrected chi connectivity index (χ4v) is 2.02. The van der Waals surface area contributed by atoms with E-state index >= 15 is 0 Å². The van der Waals surface area contributed by atoms with Gasteiger partial charge in [-0.2, -0.15) is 4.57 Å². The fraction of sp³-hybridized carbons (Fsp3) is 0.538. The molecule has 1 atom stereocenters. The molecule has 0 radical (unpaired) electrons. The molecule has 1 aliphatic rings. The lowest BCUT2D eigenvalue weighted by Gasteiger charge is -2.19. The first-order valence-corrected chi connectivity index (χ1v) is 6.04. The molecule has 2 heterocycles. The first-order valence-electron chi connectivity index (χ1n) is 6.04. The Labute approximate surface area is 106 Å². The number of rotatable bonds is 1. The molecule has 0 saturated heterocycles. The lowest BCUT2D eigenvalue weighted by molar-refractivity contribution is -0.694. The number of hydrogen-bond donors (Lipinski definition) is 2. The van der Waals surface area contributed by atoms with Crippen LogP contribution >= 0.6 is 0 Å². The zero-order chi connectivity index (χ0) is 13.3. The number of carbonyl (C=O) groups excluding carboxylic acids is 1. The van der Waals surface area contributed by atoms with Crippen molar-refractivity contribution in [3.8, 4) is 0 Å². The first kappa shape index (κ1) is 12.8. The molecule has 98 valence electrons. The SMILES string of the molecule is CC(C)(C)OC(=O)Nc1ccc[n+]2c1CC(O)C2. The van der Waals surface area contributed by atoms with Gasteiger partial charge in [0.2, 0.25) is 5.69 Å². The standard InChI is InChI=1S/C13H18N2O3/c1-13(2,3)18-12(17)14-10-5-4-6-15-8-9(16)7-11(10)15/h4-6,9,16H,7-8H2,1-3H3/p+1. The minimum absolute atomic E-state index is 0.383. The molecule has 0 spiro atoms. The van der Waals surface area contributed by atoms with Crippen LogP contribution in [0.2, 0.25) is 0 Å². The van der Waals surface area contributed by atoms with Crippen LogP contribution in [-0.2, 0) is 17.7 Å². The third-order valence-corrected chi connectivity index (χ3v) is 2.66. The van der Waals surface area contributed by atoms with E-state index in [-0.39, 0.29) is 6.10 Å². The minimum atomic E-state index is -0.519. The largest absolute Gasteiger partial charge is 0.444 e. The summed E-state index contributed by atoms with van der Waals surface area (Å²) >= 11 is 0. The van der Waals surface area contributed by atoms with Gasteiger partial charge in [0.05, 0.1) is 6.42 Å². The number of hydrogen-bond acceptors (Lipinski definition) is 3. The number of pyridine rings is 1. The number of carbonyl (C=O) groups is 1. The Bertz CT molecular complexity index is 466. The average Bonchev–Trinajstić information content (AvgIpc) is 2.56. The van der Waals surface area contributed by atoms with Crippen molar-refractivity contribution in [2.24, 2.45) is 0 Å². The minimum Gasteiger partial charge on any atom is -0.444 e. The summed E-state index contributed by atoms with van der Waals surface area (Å²) in [6, 6.07) is 3.65. The van der Waals surface area contributed by atoms with E-state index in [4.69, 9.17) is 4.74 Å². The summed E-state index contributed by atoms with van der Waals surface area (Å²) in [6.45, 7) is 6.03. The molecule has 18 heavy (non-hydrogen) atoms. The van der Waals surface area contributed by atoms with Crippen molar-refractivity contribution in [3.05, 3.63) is 24.0 Å². The zero-order valence-electron chi connectivity index (χ0n) is 10.9. The second-order valence-electron chi connectivity index (χ2n) is 5.51. The maximum Gasteiger partial charge on any atom is 0.412 e. The van der Waals surface area contributed by atoms with Gasteiger partial charge in [0.25, 0.3) is 0 Å². The Balaban J connectivity index is 2.12. The molecule has 0 saturated carbocycles. The van der Waals surface area contributed by atoms with E-state index in [0.29, 0.717) is 18.7 Å². The van der Waals surface area contributed by atoms with Crippen LogP contribution in [0.15, 0.2) is 18.3 Å². The van der Waals surface area contributed by atoms with Crippen LogP contribution in [0.1, 0.15) is 26.5 Å². The van der Waals surface area contributed by atoms with Crippen LogP contribution in [0.3, 0.4) is 0 Å². The maximum absolute atomic E-state index is 11.7. The molecule has 1 unspecified atom stereocenters. The molecule has 0 aromatic carbocycles. The van der Waals surface area contributed by atoms with Crippen molar-refractivity contribution in [2.45, 2.75) is 45.4 Å². The molecular formula is C13H19N2O3+. The van der Waals surface area contributed by atoms with E-state index in [1.807, 2.05) is 43.7 Å². The monoisotopic (exact) mass is 251 g/mol. The summed E-state index contributed by atoms with van der Waals surface area (Å²) in [7, 11) is 0. The molecule has 1 amide bonds. The van der Waals surface area contributed by atoms with E-state index in [1.165, 1.54) is 0 Å². The summed E-state index contributed by atoms with van der Waals surface area (Å²) < 4.78 is 7.15. The van der Waals surface area contributed by atoms with Crippen molar-refractivity contribution in [2.75, 3.05) is 5.32 Å². The molecule has 1 aromatic rings. The first-order chi connectivity index (χ1) is 8.35. The lowest BCUT2D eigenvalue weighted by atomic mass is 10.2. The molecule has 0 fully saturated rings. The Kier molecular flexibility index (Phi) is 3.26. The van der Waals surface area contributed by atoms with Crippen LogP contribution in [0.25, 0.3) is 0 Å². The Morgan fingerprint density at radius 3 is 2.94 bits per heavy atom. The van der Waals surface area contributed by atoms with Gasteiger partial charge in [-0.15, -0.1) is 0 Å². The van der Waals surface area contributed by atoms with Crippen molar-refractivity contribution in [3.63, 3.8) is 0 Å². The molecule has 5 nitrogen and oxygen atoms in total. The van der Waals surface area contributed by atoms with Gasteiger partial charge in [0.15, 0.2) is 12.7 Å². The van der Waals surface area contributed by atoms with Crippen molar-refractivity contribution in [1.29, 1.82) is 0 Å². The highest BCUT2D eigenvalue weighted by Crippen LogP contribution is 2.18. The second-order valence-corrected chi connectivity index (χ2v) is 5.51. The number of fused-ring (bicyclic) bond motifs is 1. The molecule has 1 aromatic heterocycles. The molecular weight excluding hydrogens is 232 g/mol. The normalized spacial score (nSPS) is 18.3. The zero-order valence-corrected chi connectivity index (χ0v) is 10.9. The maximum atomic E-state index is 11.7. The van der Waals surface area contributed by atoms with E-state index in [2.05, 4.69) is 5.32 Å². The summed E-state index contributed by atoms with van der Waals surface area (Å²) in [5, 5.41) is 12.4. The summed E-state index contributed by atoms with van der Waals surface area (Å²) in [5.41, 5.74) is 1.11. The van der Waals surface area contributed by atoms with Crippen LogP contribution < -0.4 is 9.88 Å². The number of nitrogens with zero attached hydrogens (tertiary/aromatic N) is 1. The van der Waals surface area contributed by atoms with Gasteiger partial charge >= 0.3 is 6.09 Å². The molecule has 1 aliphatic heterocycles. The van der Waals surface area contributed by atoms with Crippen molar-refractivity contribution >= 4 is 11.8 Å². The Morgan fingerprint density at radius 2 is 2.28 bits per heavy atom. The number of amides is 1. The molecule has 5 heteroatoms. The lowest BCUT2D eigenvalue weighted by Crippen LogP contribution is -2.36. The number of anilines is 1. The number of ether oxygens (including phenoxy) is 1. The Hall–Kier alpha value is -1.62. The summed E-state index contributed by atoms with van der Waals surface area (Å²) in [4.78, 5) is 11.7. The predicted octanol–water partition coefficient (Wildman–Crippen LogP) is 1.24. The predicted molar refractivity (Wildman–Crippen MR) is 66.2 cm³/mol. The van der Waals surface area contributed by atoms with E-state index in [1.54, 1.807) is 0 Å². The average molecular weight is 251 g/mol. The quantitative estimate of drug-likeness (QED) is 0.738. The van der Waals surface area contributed by atoms with Gasteiger partial charge in [0.1, 0.15) is 17.4 Å². The molecule has 0 aliphatic carbocycles. The van der Waals surface area contributed by atoms with E-state index < -0.39 is 11.7 Å². The number of nitrogens with one attached hydrogen (secondary N) is 1. The van der Waals surface area contributed by atoms with Crippen LogP contribution in [0.4, 0.5) is 10.5 Å². The summed E-state index contributed by atoms with van der Waals surface area (Å²) in [6.07, 6.45) is 1.59. The number of aliphatic hydroxyl groups is 1. The van der Waals surface area contributed by atoms with Crippen molar-refractivity contribution in [1.82, 2.24) is 0 Å². The van der Waals surface area contributed by atoms with Crippen molar-refractivity contribution < 1.29 is 19.2 Å². The van der Waals surface area contributed by atoms with Crippen LogP contribution in [0.5, 0.6) is 0 Å². The van der Waals surface area contributed by atoms with Gasteiger partial charge in [0, 0.05) is 6.07 Å². The topological polar surface area (TPSA) is 62.4 Å². The van der Waals surface area contributed by atoms with Gasteiger partial charge < -0.3 is 9.84 Å². The third kappa shape index (κ3) is 2.98. The third-order valence-electron chi connectivity index (χ3n) is 2.66. The molecule has 0 bridgehead atoms. The molecule has 2 rings (SSSR count). The van der Waals surface area contributed by atoms with Gasteiger partial charge in [-0.05, 0) is 26.8 Å². The summed E-state index contributed by atoms with van der Waals surface area (Å²) in [5.74, 6) is 0. The molecule has 2 N–H and O–H groups in total. The van der Waals surface area contributed by atoms with E-state index in [0.717, 1.165) is 5.69 Å². The number of aliphatic hydroxyl groups excluding tert-OH is 1. The highest BCUT2D eigenvalue weighted by Gasteiger charge is 2.30. The smallest absolute Gasteiger partial charge is 0.412 e. The highest BCUT2D eigenvalue weighted by molar-refractivity contribution is 5.85. The van der Waals surface area contributed by atoms with Gasteiger partial charge in [-0.1, -0.05) is 0 Å². The fourth-order valence-electron chi connectivity index (χ4n) is 2.02. The highest BCUT2D eigenvalue weighted by atomic mass is 16.6. The van der Waals surface area contributed by atoms with Crippen LogP contribution in [-0.4, -0.2) is 22.9 Å². The number of aromatic nitrogens is 1. The van der Waals surface area contributed by atoms with Crippen LogP contribution in [0, 0.1) is 0 Å².